The molecule has 4 aromatic carbocycles. The van der Waals surface area contributed by atoms with Crippen LogP contribution in [0.1, 0.15) is 0 Å². The van der Waals surface area contributed by atoms with Crippen LogP contribution in [0.5, 0.6) is 0 Å². The van der Waals surface area contributed by atoms with E-state index in [1.54, 1.807) is 0 Å². The number of fused-ring (bicyclic) bond motifs is 8. The summed E-state index contributed by atoms with van der Waals surface area (Å²) in [6, 6.07) is 45.8. The van der Waals surface area contributed by atoms with Gasteiger partial charge in [0.1, 0.15) is 0 Å². The van der Waals surface area contributed by atoms with Crippen molar-refractivity contribution in [3.63, 3.8) is 0 Å². The van der Waals surface area contributed by atoms with Crippen molar-refractivity contribution in [2.75, 3.05) is 0 Å². The van der Waals surface area contributed by atoms with Crippen molar-refractivity contribution >= 4 is 65.4 Å². The largest absolute Gasteiger partial charge is 0.254 e. The molecule has 0 radical (unpaired) electrons. The molecule has 6 heteroatoms. The van der Waals surface area contributed by atoms with E-state index in [1.165, 1.54) is 0 Å². The molecule has 6 nitrogen and oxygen atoms in total. The van der Waals surface area contributed by atoms with Crippen LogP contribution in [-0.4, -0.2) is 29.9 Å². The number of aromatic nitrogens is 6. The van der Waals surface area contributed by atoms with Gasteiger partial charge >= 0.3 is 0 Å². The molecule has 10 aromatic rings. The second-order valence-corrected chi connectivity index (χ2v) is 12.0. The van der Waals surface area contributed by atoms with Gasteiger partial charge in [0.25, 0.3) is 0 Å². The first-order valence-corrected chi connectivity index (χ1v) is 15.9. The zero-order valence-electron chi connectivity index (χ0n) is 25.5. The predicted octanol–water partition coefficient (Wildman–Crippen LogP) is 9.98. The van der Waals surface area contributed by atoms with E-state index < -0.39 is 0 Å². The predicted molar refractivity (Wildman–Crippen MR) is 195 cm³/mol. The highest BCUT2D eigenvalue weighted by Gasteiger charge is 2.11. The van der Waals surface area contributed by atoms with Crippen molar-refractivity contribution in [2.24, 2.45) is 0 Å². The minimum atomic E-state index is 0.821. The average Bonchev–Trinajstić information content (AvgIpc) is 3.16. The summed E-state index contributed by atoms with van der Waals surface area (Å²) in [4.78, 5) is 29.4. The van der Waals surface area contributed by atoms with Gasteiger partial charge in [-0.3, -0.25) is 9.97 Å². The summed E-state index contributed by atoms with van der Waals surface area (Å²) in [6.45, 7) is 0. The average molecular weight is 613 g/mol. The van der Waals surface area contributed by atoms with Gasteiger partial charge in [0.15, 0.2) is 0 Å². The minimum absolute atomic E-state index is 0.821. The monoisotopic (exact) mass is 612 g/mol. The van der Waals surface area contributed by atoms with E-state index >= 15 is 0 Å². The Morgan fingerprint density at radius 1 is 0.292 bits per heavy atom. The van der Waals surface area contributed by atoms with Crippen molar-refractivity contribution in [2.45, 2.75) is 0 Å². The Kier molecular flexibility index (Phi) is 5.77. The van der Waals surface area contributed by atoms with Crippen LogP contribution >= 0.6 is 0 Å². The molecule has 0 aliphatic carbocycles. The van der Waals surface area contributed by atoms with Crippen LogP contribution in [0, 0.1) is 0 Å². The maximum absolute atomic E-state index is 5.07. The number of pyridine rings is 6. The lowest BCUT2D eigenvalue weighted by Crippen LogP contribution is -1.92. The number of hydrogen-bond acceptors (Lipinski definition) is 6. The molecule has 0 bridgehead atoms. The van der Waals surface area contributed by atoms with Crippen LogP contribution in [0.15, 0.2) is 146 Å². The van der Waals surface area contributed by atoms with E-state index in [-0.39, 0.29) is 0 Å². The lowest BCUT2D eigenvalue weighted by atomic mass is 10.0. The minimum Gasteiger partial charge on any atom is -0.254 e. The van der Waals surface area contributed by atoms with E-state index in [0.717, 1.165) is 99.3 Å². The van der Waals surface area contributed by atoms with Crippen molar-refractivity contribution in [3.05, 3.63) is 146 Å². The van der Waals surface area contributed by atoms with Gasteiger partial charge in [-0.1, -0.05) is 84.9 Å². The molecule has 222 valence electrons. The lowest BCUT2D eigenvalue weighted by molar-refractivity contribution is 1.31. The third-order valence-electron chi connectivity index (χ3n) is 9.11. The van der Waals surface area contributed by atoms with Gasteiger partial charge in [-0.25, -0.2) is 19.9 Å². The standard InChI is InChI=1S/C42H24N6/c1-3-27-7-9-29-15-19-35(47-41(29)39(27)43-21-1)33-17-13-25-5-11-31(23-37(25)45-33)32-12-6-26-14-18-34(46-38(26)24-32)36-20-16-30-10-8-28-4-2-22-44-40(28)42(30)48-36/h1-24H. The van der Waals surface area contributed by atoms with E-state index in [0.29, 0.717) is 0 Å². The highest BCUT2D eigenvalue weighted by Crippen LogP contribution is 2.31. The summed E-state index contributed by atoms with van der Waals surface area (Å²) in [5.74, 6) is 0. The summed E-state index contributed by atoms with van der Waals surface area (Å²) >= 11 is 0. The smallest absolute Gasteiger partial charge is 0.0972 e. The van der Waals surface area contributed by atoms with E-state index in [1.807, 2.05) is 48.8 Å². The normalized spacial score (nSPS) is 11.8. The van der Waals surface area contributed by atoms with Gasteiger partial charge in [-0.2, -0.15) is 0 Å². The number of benzene rings is 4. The second-order valence-electron chi connectivity index (χ2n) is 12.0. The van der Waals surface area contributed by atoms with Crippen LogP contribution in [0.2, 0.25) is 0 Å². The molecule has 0 amide bonds. The molecule has 0 aliphatic heterocycles. The number of rotatable bonds is 3. The highest BCUT2D eigenvalue weighted by molar-refractivity contribution is 6.04. The number of nitrogens with zero attached hydrogens (tertiary/aromatic N) is 6. The SMILES string of the molecule is c1cnc2c(c1)ccc1ccc(-c3ccc4ccc(-c5ccc6ccc(-c7ccc8ccc9cccnc9c8n7)nc6c5)cc4n3)nc12. The van der Waals surface area contributed by atoms with Crippen LogP contribution in [0.25, 0.3) is 99.3 Å². The summed E-state index contributed by atoms with van der Waals surface area (Å²) in [5, 5.41) is 6.40. The molecule has 0 atom stereocenters. The Hall–Kier alpha value is -6.66. The van der Waals surface area contributed by atoms with Crippen LogP contribution in [0.3, 0.4) is 0 Å². The lowest BCUT2D eigenvalue weighted by Gasteiger charge is -2.09. The van der Waals surface area contributed by atoms with E-state index in [2.05, 4.69) is 107 Å². The van der Waals surface area contributed by atoms with Gasteiger partial charge in [-0.15, -0.1) is 0 Å². The van der Waals surface area contributed by atoms with Gasteiger partial charge < -0.3 is 0 Å². The van der Waals surface area contributed by atoms with Crippen molar-refractivity contribution < 1.29 is 0 Å². The molecular formula is C42H24N6. The maximum atomic E-state index is 5.07. The zero-order valence-corrected chi connectivity index (χ0v) is 25.5. The first-order valence-electron chi connectivity index (χ1n) is 15.9. The second kappa shape index (κ2) is 10.4. The molecular weight excluding hydrogens is 589 g/mol. The zero-order chi connectivity index (χ0) is 31.6. The Morgan fingerprint density at radius 3 is 1.10 bits per heavy atom. The summed E-state index contributed by atoms with van der Waals surface area (Å²) in [5.41, 5.74) is 10.8. The molecule has 48 heavy (non-hydrogen) atoms. The first-order chi connectivity index (χ1) is 23.7. The highest BCUT2D eigenvalue weighted by atomic mass is 14.8. The van der Waals surface area contributed by atoms with Crippen LogP contribution < -0.4 is 0 Å². The molecule has 0 N–H and O–H groups in total. The summed E-state index contributed by atoms with van der Waals surface area (Å²) in [6.07, 6.45) is 3.63. The summed E-state index contributed by atoms with van der Waals surface area (Å²) < 4.78 is 0. The summed E-state index contributed by atoms with van der Waals surface area (Å²) in [7, 11) is 0. The van der Waals surface area contributed by atoms with Crippen molar-refractivity contribution in [3.8, 4) is 33.9 Å². The molecule has 0 saturated heterocycles. The Balaban J connectivity index is 1.04. The molecule has 0 aliphatic rings. The molecule has 0 saturated carbocycles. The Morgan fingerprint density at radius 2 is 0.646 bits per heavy atom. The fraction of sp³-hybridized carbons (Fsp3) is 0. The quantitative estimate of drug-likeness (QED) is 0.185. The topological polar surface area (TPSA) is 77.3 Å². The molecule has 0 spiro atoms. The fourth-order valence-electron chi connectivity index (χ4n) is 6.61. The molecule has 0 fully saturated rings. The van der Waals surface area contributed by atoms with Gasteiger partial charge in [-0.05, 0) is 59.7 Å². The molecule has 0 unspecified atom stereocenters. The Bertz CT molecular complexity index is 2720. The fourth-order valence-corrected chi connectivity index (χ4v) is 6.61. The van der Waals surface area contributed by atoms with Crippen LogP contribution in [-0.2, 0) is 0 Å². The number of hydrogen-bond donors (Lipinski definition) is 0. The van der Waals surface area contributed by atoms with Crippen molar-refractivity contribution in [1.29, 1.82) is 0 Å². The van der Waals surface area contributed by atoms with Crippen LogP contribution in [0.4, 0.5) is 0 Å². The van der Waals surface area contributed by atoms with Gasteiger partial charge in [0.05, 0.1) is 55.9 Å². The molecule has 10 rings (SSSR count). The third-order valence-corrected chi connectivity index (χ3v) is 9.11. The van der Waals surface area contributed by atoms with E-state index in [4.69, 9.17) is 19.9 Å². The molecule has 6 heterocycles. The van der Waals surface area contributed by atoms with Gasteiger partial charge in [0, 0.05) is 44.7 Å². The Labute approximate surface area is 274 Å². The maximum Gasteiger partial charge on any atom is 0.0972 e. The third kappa shape index (κ3) is 4.35. The van der Waals surface area contributed by atoms with E-state index in [9.17, 15) is 0 Å². The molecule has 6 aromatic heterocycles. The van der Waals surface area contributed by atoms with Gasteiger partial charge in [0.2, 0.25) is 0 Å². The first kappa shape index (κ1) is 26.5. The van der Waals surface area contributed by atoms with Crippen molar-refractivity contribution in [1.82, 2.24) is 29.9 Å².